The van der Waals surface area contributed by atoms with Crippen molar-refractivity contribution in [2.45, 2.75) is 13.5 Å². The molecule has 1 heterocycles. The van der Waals surface area contributed by atoms with Gasteiger partial charge < -0.3 is 15.2 Å². The second kappa shape index (κ2) is 7.09. The number of benzene rings is 2. The molecule has 0 radical (unpaired) electrons. The van der Waals surface area contributed by atoms with Crippen molar-refractivity contribution in [3.8, 4) is 28.5 Å². The van der Waals surface area contributed by atoms with E-state index in [0.29, 0.717) is 23.7 Å². The number of methoxy groups -OCH3 is 1. The monoisotopic (exact) mass is 337 g/mol. The smallest absolute Gasteiger partial charge is 0.289 e. The standard InChI is InChI=1S/C19H19N3O3/c1-3-22-19(23)17(20)12-18(21-22)13-6-4-8-15(10-13)25-16-9-5-7-14(11-16)24-2/h4-12H,3,20H2,1-2H3. The molecule has 6 nitrogen and oxygen atoms in total. The summed E-state index contributed by atoms with van der Waals surface area (Å²) in [5.74, 6) is 2.04. The van der Waals surface area contributed by atoms with Gasteiger partial charge in [0.05, 0.1) is 12.8 Å². The predicted molar refractivity (Wildman–Crippen MR) is 97.1 cm³/mol. The fraction of sp³-hybridized carbons (Fsp3) is 0.158. The third kappa shape index (κ3) is 3.63. The molecule has 0 spiro atoms. The van der Waals surface area contributed by atoms with E-state index in [0.717, 1.165) is 11.3 Å². The molecule has 0 aliphatic rings. The Morgan fingerprint density at radius 2 is 1.72 bits per heavy atom. The molecule has 3 aromatic rings. The maximum Gasteiger partial charge on any atom is 0.289 e. The van der Waals surface area contributed by atoms with E-state index in [1.54, 1.807) is 19.2 Å². The van der Waals surface area contributed by atoms with Gasteiger partial charge in [0.25, 0.3) is 5.56 Å². The third-order valence-corrected chi connectivity index (χ3v) is 3.71. The van der Waals surface area contributed by atoms with Crippen molar-refractivity contribution >= 4 is 5.69 Å². The highest BCUT2D eigenvalue weighted by molar-refractivity contribution is 5.64. The number of nitrogens with zero attached hydrogens (tertiary/aromatic N) is 2. The van der Waals surface area contributed by atoms with Crippen molar-refractivity contribution in [2.24, 2.45) is 0 Å². The Balaban J connectivity index is 1.94. The first kappa shape index (κ1) is 16.6. The first-order valence-electron chi connectivity index (χ1n) is 7.90. The number of ether oxygens (including phenoxy) is 2. The average Bonchev–Trinajstić information content (AvgIpc) is 2.64. The zero-order valence-electron chi connectivity index (χ0n) is 14.1. The third-order valence-electron chi connectivity index (χ3n) is 3.71. The zero-order valence-corrected chi connectivity index (χ0v) is 14.1. The molecule has 2 N–H and O–H groups in total. The lowest BCUT2D eigenvalue weighted by Crippen LogP contribution is -2.24. The van der Waals surface area contributed by atoms with Crippen molar-refractivity contribution in [3.05, 3.63) is 65.0 Å². The molecule has 128 valence electrons. The molecule has 0 aliphatic carbocycles. The van der Waals surface area contributed by atoms with Gasteiger partial charge in [0, 0.05) is 18.2 Å². The summed E-state index contributed by atoms with van der Waals surface area (Å²) in [7, 11) is 1.61. The second-order valence-corrected chi connectivity index (χ2v) is 5.41. The van der Waals surface area contributed by atoms with Gasteiger partial charge in [-0.25, -0.2) is 4.68 Å². The molecule has 0 bridgehead atoms. The van der Waals surface area contributed by atoms with E-state index in [9.17, 15) is 4.79 Å². The maximum absolute atomic E-state index is 11.9. The molecule has 0 unspecified atom stereocenters. The number of rotatable bonds is 5. The van der Waals surface area contributed by atoms with Gasteiger partial charge in [-0.3, -0.25) is 4.79 Å². The lowest BCUT2D eigenvalue weighted by Gasteiger charge is -2.10. The molecule has 0 aliphatic heterocycles. The van der Waals surface area contributed by atoms with Gasteiger partial charge in [-0.2, -0.15) is 5.10 Å². The summed E-state index contributed by atoms with van der Waals surface area (Å²) in [4.78, 5) is 11.9. The van der Waals surface area contributed by atoms with Crippen LogP contribution in [0.4, 0.5) is 5.69 Å². The highest BCUT2D eigenvalue weighted by Gasteiger charge is 2.08. The Bertz CT molecular complexity index is 951. The Morgan fingerprint density at radius 1 is 1.04 bits per heavy atom. The van der Waals surface area contributed by atoms with Crippen molar-refractivity contribution in [1.82, 2.24) is 9.78 Å². The normalized spacial score (nSPS) is 10.5. The molecule has 0 fully saturated rings. The highest BCUT2D eigenvalue weighted by Crippen LogP contribution is 2.28. The van der Waals surface area contributed by atoms with E-state index < -0.39 is 0 Å². The van der Waals surface area contributed by atoms with Crippen LogP contribution in [-0.2, 0) is 6.54 Å². The molecule has 1 aromatic heterocycles. The predicted octanol–water partition coefficient (Wildman–Crippen LogP) is 3.31. The summed E-state index contributed by atoms with van der Waals surface area (Å²) in [6.07, 6.45) is 0. The first-order chi connectivity index (χ1) is 12.1. The Hall–Kier alpha value is -3.28. The van der Waals surface area contributed by atoms with Crippen LogP contribution in [0.15, 0.2) is 59.4 Å². The summed E-state index contributed by atoms with van der Waals surface area (Å²) >= 11 is 0. The quantitative estimate of drug-likeness (QED) is 0.772. The molecular formula is C19H19N3O3. The van der Waals surface area contributed by atoms with Gasteiger partial charge in [0.1, 0.15) is 22.9 Å². The van der Waals surface area contributed by atoms with Crippen LogP contribution < -0.4 is 20.8 Å². The number of aryl methyl sites for hydroxylation is 1. The summed E-state index contributed by atoms with van der Waals surface area (Å²) in [6, 6.07) is 16.4. The maximum atomic E-state index is 11.9. The van der Waals surface area contributed by atoms with Gasteiger partial charge in [0.2, 0.25) is 0 Å². The molecule has 0 saturated heterocycles. The van der Waals surface area contributed by atoms with Crippen LogP contribution in [0.25, 0.3) is 11.3 Å². The summed E-state index contributed by atoms with van der Waals surface area (Å²) < 4.78 is 12.4. The van der Waals surface area contributed by atoms with Crippen LogP contribution in [0.1, 0.15) is 6.92 Å². The van der Waals surface area contributed by atoms with Crippen LogP contribution in [0.3, 0.4) is 0 Å². The molecule has 0 atom stereocenters. The molecule has 0 amide bonds. The van der Waals surface area contributed by atoms with Crippen molar-refractivity contribution in [1.29, 1.82) is 0 Å². The lowest BCUT2D eigenvalue weighted by molar-refractivity contribution is 0.409. The van der Waals surface area contributed by atoms with Gasteiger partial charge in [0.15, 0.2) is 0 Å². The van der Waals surface area contributed by atoms with Gasteiger partial charge in [-0.1, -0.05) is 18.2 Å². The number of aromatic nitrogens is 2. The van der Waals surface area contributed by atoms with Crippen molar-refractivity contribution in [3.63, 3.8) is 0 Å². The number of hydrogen-bond acceptors (Lipinski definition) is 5. The van der Waals surface area contributed by atoms with E-state index in [4.69, 9.17) is 15.2 Å². The van der Waals surface area contributed by atoms with E-state index in [1.165, 1.54) is 4.68 Å². The van der Waals surface area contributed by atoms with Crippen molar-refractivity contribution < 1.29 is 9.47 Å². The molecule has 6 heteroatoms. The van der Waals surface area contributed by atoms with Gasteiger partial charge in [-0.05, 0) is 37.3 Å². The minimum atomic E-state index is -0.282. The molecule has 25 heavy (non-hydrogen) atoms. The summed E-state index contributed by atoms with van der Waals surface area (Å²) in [5, 5.41) is 4.35. The lowest BCUT2D eigenvalue weighted by atomic mass is 10.1. The zero-order chi connectivity index (χ0) is 17.8. The Kier molecular flexibility index (Phi) is 4.70. The van der Waals surface area contributed by atoms with E-state index in [-0.39, 0.29) is 11.2 Å². The van der Waals surface area contributed by atoms with Crippen LogP contribution in [0.2, 0.25) is 0 Å². The minimum Gasteiger partial charge on any atom is -0.497 e. The summed E-state index contributed by atoms with van der Waals surface area (Å²) in [5.41, 5.74) is 7.13. The van der Waals surface area contributed by atoms with E-state index in [1.807, 2.05) is 49.4 Å². The largest absolute Gasteiger partial charge is 0.497 e. The van der Waals surface area contributed by atoms with Crippen LogP contribution in [0, 0.1) is 0 Å². The Morgan fingerprint density at radius 3 is 2.44 bits per heavy atom. The Labute approximate surface area is 145 Å². The number of anilines is 1. The molecule has 3 rings (SSSR count). The van der Waals surface area contributed by atoms with Crippen LogP contribution in [0.5, 0.6) is 17.2 Å². The van der Waals surface area contributed by atoms with E-state index in [2.05, 4.69) is 5.10 Å². The molecule has 0 saturated carbocycles. The van der Waals surface area contributed by atoms with Gasteiger partial charge in [-0.15, -0.1) is 0 Å². The topological polar surface area (TPSA) is 79.4 Å². The fourth-order valence-electron chi connectivity index (χ4n) is 2.44. The van der Waals surface area contributed by atoms with Crippen LogP contribution >= 0.6 is 0 Å². The van der Waals surface area contributed by atoms with Crippen molar-refractivity contribution in [2.75, 3.05) is 12.8 Å². The number of nitrogen functional groups attached to an aromatic ring is 1. The molecular weight excluding hydrogens is 318 g/mol. The van der Waals surface area contributed by atoms with Gasteiger partial charge >= 0.3 is 0 Å². The number of hydrogen-bond donors (Lipinski definition) is 1. The average molecular weight is 337 g/mol. The molecule has 2 aromatic carbocycles. The fourth-order valence-corrected chi connectivity index (χ4v) is 2.44. The SMILES string of the molecule is CCn1nc(-c2cccc(Oc3cccc(OC)c3)c2)cc(N)c1=O. The summed E-state index contributed by atoms with van der Waals surface area (Å²) in [6.45, 7) is 2.30. The minimum absolute atomic E-state index is 0.172. The second-order valence-electron chi connectivity index (χ2n) is 5.41. The highest BCUT2D eigenvalue weighted by atomic mass is 16.5. The van der Waals surface area contributed by atoms with E-state index >= 15 is 0 Å². The first-order valence-corrected chi connectivity index (χ1v) is 7.90. The number of nitrogens with two attached hydrogens (primary N) is 1. The van der Waals surface area contributed by atoms with Crippen LogP contribution in [-0.4, -0.2) is 16.9 Å².